The number of carboxylic acid groups (broad SMARTS) is 2. The second kappa shape index (κ2) is 12.2. The average Bonchev–Trinajstić information content (AvgIpc) is 2.31. The number of rotatable bonds is 10. The van der Waals surface area contributed by atoms with Crippen molar-refractivity contribution < 1.29 is 42.4 Å². The standard InChI is InChI=1S/C6H10N2O5.C4H10N2O4S/c1-4(9)7-8(2-5(10)11)3-6(12)13;5-4(7)3-6-1-2-11(8,9)10/h2-3H2,1H3,(H,7,9)(H,10,11)(H,12,13);6H,1-3H2,(H2,5,7)(H,8,9,10). The summed E-state index contributed by atoms with van der Waals surface area (Å²) in [6.07, 6.45) is 0. The highest BCUT2D eigenvalue weighted by atomic mass is 32.2. The molecule has 0 saturated carbocycles. The van der Waals surface area contributed by atoms with Crippen LogP contribution in [-0.4, -0.2) is 83.9 Å². The van der Waals surface area contributed by atoms with Crippen molar-refractivity contribution in [3.05, 3.63) is 0 Å². The number of nitrogens with two attached hydrogens (primary N) is 1. The van der Waals surface area contributed by atoms with Gasteiger partial charge >= 0.3 is 11.9 Å². The highest BCUT2D eigenvalue weighted by Gasteiger charge is 2.13. The summed E-state index contributed by atoms with van der Waals surface area (Å²) in [5.74, 6) is -3.92. The molecule has 0 atom stereocenters. The molecule has 0 saturated heterocycles. The molecule has 0 heterocycles. The summed E-state index contributed by atoms with van der Waals surface area (Å²) >= 11 is 0. The molecule has 0 aromatic heterocycles. The minimum atomic E-state index is -3.94. The molecule has 24 heavy (non-hydrogen) atoms. The van der Waals surface area contributed by atoms with Gasteiger partial charge in [0.05, 0.1) is 12.3 Å². The fraction of sp³-hybridized carbons (Fsp3) is 0.600. The van der Waals surface area contributed by atoms with Crippen LogP contribution >= 0.6 is 0 Å². The van der Waals surface area contributed by atoms with Gasteiger partial charge in [0.25, 0.3) is 10.1 Å². The van der Waals surface area contributed by atoms with Crippen molar-refractivity contribution in [1.82, 2.24) is 15.8 Å². The third-order valence-corrected chi connectivity index (χ3v) is 2.52. The molecule has 14 heteroatoms. The number of aliphatic carboxylic acids is 2. The van der Waals surface area contributed by atoms with Gasteiger partial charge in [0.1, 0.15) is 13.1 Å². The van der Waals surface area contributed by atoms with Crippen LogP contribution < -0.4 is 16.5 Å². The van der Waals surface area contributed by atoms with Crippen LogP contribution in [0.1, 0.15) is 6.92 Å². The van der Waals surface area contributed by atoms with Gasteiger partial charge in [0, 0.05) is 13.5 Å². The maximum absolute atomic E-state index is 10.5. The SMILES string of the molecule is CC(=O)NN(CC(=O)O)CC(=O)O.NC(=O)CNCCS(=O)(=O)O. The third-order valence-electron chi connectivity index (χ3n) is 1.80. The zero-order valence-corrected chi connectivity index (χ0v) is 13.6. The molecule has 0 radical (unpaired) electrons. The summed E-state index contributed by atoms with van der Waals surface area (Å²) in [4.78, 5) is 40.9. The lowest BCUT2D eigenvalue weighted by Gasteiger charge is -2.17. The van der Waals surface area contributed by atoms with Crippen LogP contribution in [0.4, 0.5) is 0 Å². The van der Waals surface area contributed by atoms with Gasteiger partial charge in [0.2, 0.25) is 11.8 Å². The second-order valence-electron chi connectivity index (χ2n) is 4.24. The minimum Gasteiger partial charge on any atom is -0.480 e. The molecule has 0 rings (SSSR count). The molecule has 0 fully saturated rings. The van der Waals surface area contributed by atoms with Gasteiger partial charge in [-0.05, 0) is 0 Å². The van der Waals surface area contributed by atoms with E-state index in [2.05, 4.69) is 10.7 Å². The summed E-state index contributed by atoms with van der Waals surface area (Å²) in [5, 5.41) is 19.9. The topological polar surface area (TPSA) is 216 Å². The molecule has 0 aromatic carbocycles. The van der Waals surface area contributed by atoms with Gasteiger partial charge in [-0.2, -0.15) is 13.4 Å². The number of carbonyl (C=O) groups is 4. The Kier molecular flexibility index (Phi) is 12.2. The fourth-order valence-electron chi connectivity index (χ4n) is 1.10. The first-order valence-corrected chi connectivity index (χ1v) is 7.84. The van der Waals surface area contributed by atoms with E-state index in [-0.39, 0.29) is 13.1 Å². The Morgan fingerprint density at radius 3 is 1.83 bits per heavy atom. The molecule has 0 unspecified atom stereocenters. The molecule has 140 valence electrons. The van der Waals surface area contributed by atoms with Gasteiger partial charge in [-0.25, -0.2) is 0 Å². The van der Waals surface area contributed by atoms with Gasteiger partial charge in [-0.3, -0.25) is 29.2 Å². The number of nitrogens with one attached hydrogen (secondary N) is 2. The monoisotopic (exact) mass is 372 g/mol. The normalized spacial score (nSPS) is 10.5. The van der Waals surface area contributed by atoms with Crippen LogP contribution in [0.15, 0.2) is 0 Å². The number of amides is 2. The first-order valence-electron chi connectivity index (χ1n) is 6.23. The lowest BCUT2D eigenvalue weighted by atomic mass is 10.5. The molecule has 0 bridgehead atoms. The predicted molar refractivity (Wildman–Crippen MR) is 79.1 cm³/mol. The van der Waals surface area contributed by atoms with Crippen LogP contribution in [0.5, 0.6) is 0 Å². The quantitative estimate of drug-likeness (QED) is 0.125. The van der Waals surface area contributed by atoms with Crippen molar-refractivity contribution in [3.8, 4) is 0 Å². The van der Waals surface area contributed by atoms with E-state index in [9.17, 15) is 27.6 Å². The Balaban J connectivity index is 0. The Bertz CT molecular complexity index is 510. The van der Waals surface area contributed by atoms with E-state index in [1.807, 2.05) is 0 Å². The molecule has 0 spiro atoms. The second-order valence-corrected chi connectivity index (χ2v) is 5.81. The molecule has 7 N–H and O–H groups in total. The van der Waals surface area contributed by atoms with Crippen molar-refractivity contribution in [2.45, 2.75) is 6.92 Å². The Hall–Kier alpha value is -2.29. The van der Waals surface area contributed by atoms with E-state index in [1.54, 1.807) is 0 Å². The smallest absolute Gasteiger partial charge is 0.319 e. The summed E-state index contributed by atoms with van der Waals surface area (Å²) < 4.78 is 28.3. The van der Waals surface area contributed by atoms with E-state index >= 15 is 0 Å². The largest absolute Gasteiger partial charge is 0.480 e. The van der Waals surface area contributed by atoms with Gasteiger partial charge in [-0.15, -0.1) is 0 Å². The molecule has 0 aliphatic rings. The van der Waals surface area contributed by atoms with E-state index in [4.69, 9.17) is 20.5 Å². The first-order chi connectivity index (χ1) is 10.8. The van der Waals surface area contributed by atoms with Crippen LogP contribution in [0.25, 0.3) is 0 Å². The number of carboxylic acids is 2. The number of primary amides is 1. The van der Waals surface area contributed by atoms with Crippen LogP contribution in [0, 0.1) is 0 Å². The highest BCUT2D eigenvalue weighted by Crippen LogP contribution is 1.82. The van der Waals surface area contributed by atoms with E-state index < -0.39 is 52.7 Å². The van der Waals surface area contributed by atoms with Crippen LogP contribution in [0.3, 0.4) is 0 Å². The highest BCUT2D eigenvalue weighted by molar-refractivity contribution is 7.85. The Morgan fingerprint density at radius 1 is 1.08 bits per heavy atom. The van der Waals surface area contributed by atoms with Crippen molar-refractivity contribution in [2.75, 3.05) is 31.9 Å². The van der Waals surface area contributed by atoms with Gasteiger partial charge in [0.15, 0.2) is 0 Å². The predicted octanol–water partition coefficient (Wildman–Crippen LogP) is -3.54. The summed E-state index contributed by atoms with van der Waals surface area (Å²) in [7, 11) is -3.94. The Labute approximate surface area is 137 Å². The fourth-order valence-corrected chi connectivity index (χ4v) is 1.50. The van der Waals surface area contributed by atoms with Crippen LogP contribution in [-0.2, 0) is 29.3 Å². The lowest BCUT2D eigenvalue weighted by molar-refractivity contribution is -0.144. The van der Waals surface area contributed by atoms with Crippen molar-refractivity contribution >= 4 is 33.9 Å². The van der Waals surface area contributed by atoms with Crippen molar-refractivity contribution in [1.29, 1.82) is 0 Å². The molecular formula is C10H20N4O9S. The zero-order chi connectivity index (χ0) is 19.3. The molecule has 0 aromatic rings. The Morgan fingerprint density at radius 2 is 1.54 bits per heavy atom. The number of hydrogen-bond donors (Lipinski definition) is 6. The summed E-state index contributed by atoms with van der Waals surface area (Å²) in [6, 6.07) is 0. The molecule has 0 aliphatic heterocycles. The molecule has 2 amide bonds. The van der Waals surface area contributed by atoms with Gasteiger partial charge in [-0.1, -0.05) is 0 Å². The minimum absolute atomic E-state index is 0.0156. The summed E-state index contributed by atoms with van der Waals surface area (Å²) in [5.41, 5.74) is 6.80. The van der Waals surface area contributed by atoms with E-state index in [0.29, 0.717) is 0 Å². The number of hydrazine groups is 1. The molecule has 0 aliphatic carbocycles. The maximum atomic E-state index is 10.5. The van der Waals surface area contributed by atoms with Gasteiger partial charge < -0.3 is 21.3 Å². The van der Waals surface area contributed by atoms with Crippen molar-refractivity contribution in [3.63, 3.8) is 0 Å². The van der Waals surface area contributed by atoms with Crippen LogP contribution in [0.2, 0.25) is 0 Å². The zero-order valence-electron chi connectivity index (χ0n) is 12.8. The molecule has 13 nitrogen and oxygen atoms in total. The number of carbonyl (C=O) groups excluding carboxylic acids is 2. The third kappa shape index (κ3) is 22.0. The first kappa shape index (κ1) is 24.0. The number of nitrogens with zero attached hydrogens (tertiary/aromatic N) is 1. The van der Waals surface area contributed by atoms with E-state index in [0.717, 1.165) is 11.9 Å². The average molecular weight is 372 g/mol. The lowest BCUT2D eigenvalue weighted by Crippen LogP contribution is -2.46. The molecular weight excluding hydrogens is 352 g/mol. The maximum Gasteiger partial charge on any atom is 0.319 e. The summed E-state index contributed by atoms with van der Waals surface area (Å²) in [6.45, 7) is -0.00818. The number of hydrogen-bond acceptors (Lipinski definition) is 8. The van der Waals surface area contributed by atoms with E-state index in [1.165, 1.54) is 0 Å². The van der Waals surface area contributed by atoms with Crippen molar-refractivity contribution in [2.24, 2.45) is 5.73 Å².